The summed E-state index contributed by atoms with van der Waals surface area (Å²) in [5.74, 6) is 0.149. The number of benzene rings is 2. The Bertz CT molecular complexity index is 788. The number of hydrogen-bond donors (Lipinski definition) is 2. The molecule has 0 aliphatic heterocycles. The fourth-order valence-electron chi connectivity index (χ4n) is 2.35. The molecule has 0 saturated carbocycles. The second-order valence-corrected chi connectivity index (χ2v) is 5.81. The van der Waals surface area contributed by atoms with Gasteiger partial charge in [0, 0.05) is 6.54 Å². The number of amides is 1. The molecule has 7 nitrogen and oxygen atoms in total. The average molecular weight is 373 g/mol. The van der Waals surface area contributed by atoms with E-state index < -0.39 is 18.0 Å². The molecule has 0 bridgehead atoms. The van der Waals surface area contributed by atoms with Gasteiger partial charge in [0.1, 0.15) is 0 Å². The first kappa shape index (κ1) is 20.3. The maximum atomic E-state index is 12.2. The van der Waals surface area contributed by atoms with Crippen LogP contribution in [0, 0.1) is 0 Å². The van der Waals surface area contributed by atoms with E-state index in [0.29, 0.717) is 22.6 Å². The van der Waals surface area contributed by atoms with Crippen LogP contribution in [0.15, 0.2) is 42.5 Å². The molecule has 0 aliphatic carbocycles. The summed E-state index contributed by atoms with van der Waals surface area (Å²) in [6, 6.07) is 11.7. The van der Waals surface area contributed by atoms with Crippen molar-refractivity contribution in [1.82, 2.24) is 5.32 Å². The Hall–Kier alpha value is -3.06. The SMILES string of the molecule is COc1ccc(CNC(=O)[C@@H](C)OC(=O)c2ccc(CO)cc2)cc1OC. The standard InChI is InChI=1S/C20H23NO6/c1-13(27-20(24)16-7-4-14(12-22)5-8-16)19(23)21-11-15-6-9-17(25-2)18(10-15)26-3/h4-10,13,22H,11-12H2,1-3H3,(H,21,23)/t13-/m1/s1. The van der Waals surface area contributed by atoms with E-state index in [1.54, 1.807) is 49.6 Å². The molecule has 0 unspecified atom stereocenters. The molecule has 2 aromatic carbocycles. The van der Waals surface area contributed by atoms with E-state index >= 15 is 0 Å². The molecule has 27 heavy (non-hydrogen) atoms. The maximum absolute atomic E-state index is 12.2. The number of methoxy groups -OCH3 is 2. The van der Waals surface area contributed by atoms with E-state index in [4.69, 9.17) is 19.3 Å². The van der Waals surface area contributed by atoms with Crippen molar-refractivity contribution >= 4 is 11.9 Å². The maximum Gasteiger partial charge on any atom is 0.338 e. The van der Waals surface area contributed by atoms with Crippen molar-refractivity contribution in [3.63, 3.8) is 0 Å². The van der Waals surface area contributed by atoms with Gasteiger partial charge in [0.05, 0.1) is 26.4 Å². The van der Waals surface area contributed by atoms with Crippen LogP contribution < -0.4 is 14.8 Å². The van der Waals surface area contributed by atoms with Gasteiger partial charge in [-0.15, -0.1) is 0 Å². The minimum absolute atomic E-state index is 0.107. The van der Waals surface area contributed by atoms with E-state index in [0.717, 1.165) is 5.56 Å². The zero-order valence-corrected chi connectivity index (χ0v) is 15.5. The van der Waals surface area contributed by atoms with E-state index in [1.165, 1.54) is 14.0 Å². The summed E-state index contributed by atoms with van der Waals surface area (Å²) < 4.78 is 15.6. The fraction of sp³-hybridized carbons (Fsp3) is 0.300. The molecule has 2 aromatic rings. The third-order valence-electron chi connectivity index (χ3n) is 3.94. The quantitative estimate of drug-likeness (QED) is 0.688. The van der Waals surface area contributed by atoms with Gasteiger partial charge >= 0.3 is 5.97 Å². The number of rotatable bonds is 8. The molecule has 0 aliphatic rings. The van der Waals surface area contributed by atoms with E-state index in [9.17, 15) is 9.59 Å². The van der Waals surface area contributed by atoms with Crippen LogP contribution in [0.25, 0.3) is 0 Å². The monoisotopic (exact) mass is 373 g/mol. The van der Waals surface area contributed by atoms with Crippen LogP contribution in [0.3, 0.4) is 0 Å². The Kier molecular flexibility index (Phi) is 7.19. The van der Waals surface area contributed by atoms with Crippen LogP contribution in [-0.2, 0) is 22.7 Å². The van der Waals surface area contributed by atoms with Crippen LogP contribution in [-0.4, -0.2) is 37.3 Å². The molecule has 0 saturated heterocycles. The molecule has 0 aromatic heterocycles. The first-order valence-electron chi connectivity index (χ1n) is 8.38. The summed E-state index contributed by atoms with van der Waals surface area (Å²) in [6.45, 7) is 1.65. The number of ether oxygens (including phenoxy) is 3. The van der Waals surface area contributed by atoms with Crippen LogP contribution in [0.5, 0.6) is 11.5 Å². The smallest absolute Gasteiger partial charge is 0.338 e. The minimum atomic E-state index is -0.949. The summed E-state index contributed by atoms with van der Waals surface area (Å²) in [5.41, 5.74) is 1.82. The highest BCUT2D eigenvalue weighted by molar-refractivity contribution is 5.92. The molecule has 1 amide bonds. The topological polar surface area (TPSA) is 94.1 Å². The third-order valence-corrected chi connectivity index (χ3v) is 3.94. The van der Waals surface area contributed by atoms with Gasteiger partial charge in [-0.3, -0.25) is 4.79 Å². The van der Waals surface area contributed by atoms with E-state index in [-0.39, 0.29) is 13.2 Å². The molecule has 0 radical (unpaired) electrons. The summed E-state index contributed by atoms with van der Waals surface area (Å²) >= 11 is 0. The Balaban J connectivity index is 1.90. The predicted octanol–water partition coefficient (Wildman–Crippen LogP) is 2.06. The van der Waals surface area contributed by atoms with Crippen molar-refractivity contribution in [2.75, 3.05) is 14.2 Å². The summed E-state index contributed by atoms with van der Waals surface area (Å²) in [5, 5.41) is 11.7. The van der Waals surface area contributed by atoms with Crippen LogP contribution in [0.2, 0.25) is 0 Å². The molecule has 0 fully saturated rings. The van der Waals surface area contributed by atoms with Crippen LogP contribution >= 0.6 is 0 Å². The Morgan fingerprint density at radius 1 is 1.00 bits per heavy atom. The van der Waals surface area contributed by atoms with Gasteiger partial charge < -0.3 is 24.6 Å². The first-order chi connectivity index (χ1) is 13.0. The van der Waals surface area contributed by atoms with E-state index in [2.05, 4.69) is 5.32 Å². The predicted molar refractivity (Wildman–Crippen MR) is 98.6 cm³/mol. The Labute approximate surface area is 157 Å². The van der Waals surface area contributed by atoms with Crippen molar-refractivity contribution in [2.24, 2.45) is 0 Å². The number of hydrogen-bond acceptors (Lipinski definition) is 6. The molecule has 1 atom stereocenters. The van der Waals surface area contributed by atoms with Crippen molar-refractivity contribution in [2.45, 2.75) is 26.2 Å². The van der Waals surface area contributed by atoms with Gasteiger partial charge in [0.15, 0.2) is 17.6 Å². The lowest BCUT2D eigenvalue weighted by Gasteiger charge is -2.14. The Morgan fingerprint density at radius 2 is 1.63 bits per heavy atom. The summed E-state index contributed by atoms with van der Waals surface area (Å²) in [4.78, 5) is 24.3. The zero-order valence-electron chi connectivity index (χ0n) is 15.5. The first-order valence-corrected chi connectivity index (χ1v) is 8.38. The van der Waals surface area contributed by atoms with Crippen LogP contribution in [0.1, 0.15) is 28.4 Å². The number of aliphatic hydroxyl groups is 1. The number of esters is 1. The van der Waals surface area contributed by atoms with E-state index in [1.807, 2.05) is 0 Å². The zero-order chi connectivity index (χ0) is 19.8. The van der Waals surface area contributed by atoms with Gasteiger partial charge in [-0.2, -0.15) is 0 Å². The second-order valence-electron chi connectivity index (χ2n) is 5.81. The van der Waals surface area contributed by atoms with Gasteiger partial charge in [0.25, 0.3) is 5.91 Å². The lowest BCUT2D eigenvalue weighted by atomic mass is 10.1. The van der Waals surface area contributed by atoms with Gasteiger partial charge in [-0.25, -0.2) is 4.79 Å². The molecule has 0 spiro atoms. The summed E-state index contributed by atoms with van der Waals surface area (Å²) in [7, 11) is 3.08. The summed E-state index contributed by atoms with van der Waals surface area (Å²) in [6.07, 6.45) is -0.949. The van der Waals surface area contributed by atoms with Crippen molar-refractivity contribution in [1.29, 1.82) is 0 Å². The highest BCUT2D eigenvalue weighted by atomic mass is 16.5. The number of aliphatic hydroxyl groups excluding tert-OH is 1. The normalized spacial score (nSPS) is 11.4. The highest BCUT2D eigenvalue weighted by Crippen LogP contribution is 2.27. The fourth-order valence-corrected chi connectivity index (χ4v) is 2.35. The number of carbonyl (C=O) groups excluding carboxylic acids is 2. The average Bonchev–Trinajstić information content (AvgIpc) is 2.71. The van der Waals surface area contributed by atoms with Crippen molar-refractivity contribution in [3.8, 4) is 11.5 Å². The van der Waals surface area contributed by atoms with Gasteiger partial charge in [0.2, 0.25) is 0 Å². The molecule has 2 N–H and O–H groups in total. The molecule has 7 heteroatoms. The largest absolute Gasteiger partial charge is 0.493 e. The minimum Gasteiger partial charge on any atom is -0.493 e. The molecular weight excluding hydrogens is 350 g/mol. The van der Waals surface area contributed by atoms with Crippen LogP contribution in [0.4, 0.5) is 0 Å². The van der Waals surface area contributed by atoms with Crippen molar-refractivity contribution in [3.05, 3.63) is 59.2 Å². The Morgan fingerprint density at radius 3 is 2.22 bits per heavy atom. The number of nitrogens with one attached hydrogen (secondary N) is 1. The molecule has 144 valence electrons. The third kappa shape index (κ3) is 5.46. The van der Waals surface area contributed by atoms with Crippen molar-refractivity contribution < 1.29 is 28.9 Å². The number of carbonyl (C=O) groups is 2. The van der Waals surface area contributed by atoms with Gasteiger partial charge in [-0.1, -0.05) is 18.2 Å². The lowest BCUT2D eigenvalue weighted by molar-refractivity contribution is -0.129. The molecule has 2 rings (SSSR count). The molecule has 0 heterocycles. The second kappa shape index (κ2) is 9.59. The lowest BCUT2D eigenvalue weighted by Crippen LogP contribution is -2.35. The highest BCUT2D eigenvalue weighted by Gasteiger charge is 2.19. The molecular formula is C20H23NO6. The van der Waals surface area contributed by atoms with Gasteiger partial charge in [-0.05, 0) is 42.3 Å².